The first-order valence-corrected chi connectivity index (χ1v) is 7.46. The van der Waals surface area contributed by atoms with Crippen LogP contribution in [0.2, 0.25) is 0 Å². The van der Waals surface area contributed by atoms with Gasteiger partial charge in [-0.1, -0.05) is 6.08 Å². The van der Waals surface area contributed by atoms with E-state index in [4.69, 9.17) is 14.2 Å². The number of nitrogens with zero attached hydrogens (tertiary/aromatic N) is 1. The molecule has 0 amide bonds. The Morgan fingerprint density at radius 1 is 1.13 bits per heavy atom. The molecule has 0 radical (unpaired) electrons. The van der Waals surface area contributed by atoms with Crippen molar-refractivity contribution in [3.8, 4) is 17.2 Å². The molecule has 0 spiro atoms. The van der Waals surface area contributed by atoms with Gasteiger partial charge in [0.15, 0.2) is 11.5 Å². The molecule has 0 saturated heterocycles. The van der Waals surface area contributed by atoms with Crippen LogP contribution in [0.3, 0.4) is 0 Å². The highest BCUT2D eigenvalue weighted by molar-refractivity contribution is 5.64. The second-order valence-corrected chi connectivity index (χ2v) is 5.22. The maximum atomic E-state index is 11.4. The van der Waals surface area contributed by atoms with Crippen molar-refractivity contribution in [3.05, 3.63) is 45.2 Å². The van der Waals surface area contributed by atoms with Crippen LogP contribution in [0.5, 0.6) is 17.2 Å². The lowest BCUT2D eigenvalue weighted by Gasteiger charge is -2.13. The Hall–Kier alpha value is -2.50. The van der Waals surface area contributed by atoms with Crippen molar-refractivity contribution in [3.63, 3.8) is 0 Å². The first-order valence-electron chi connectivity index (χ1n) is 7.46. The highest BCUT2D eigenvalue weighted by Crippen LogP contribution is 2.39. The summed E-state index contributed by atoms with van der Waals surface area (Å²) in [6.07, 6.45) is 7.19. The summed E-state index contributed by atoms with van der Waals surface area (Å²) in [6, 6.07) is 3.41. The Balaban J connectivity index is 2.50. The Kier molecular flexibility index (Phi) is 5.62. The normalized spacial score (nSPS) is 14.9. The largest absolute Gasteiger partial charge is 0.493 e. The summed E-state index contributed by atoms with van der Waals surface area (Å²) in [4.78, 5) is 11.1. The number of rotatable bonds is 6. The van der Waals surface area contributed by atoms with Gasteiger partial charge in [-0.25, -0.2) is 0 Å². The molecular weight excluding hydrogens is 298 g/mol. The molecule has 2 rings (SSSR count). The van der Waals surface area contributed by atoms with Gasteiger partial charge < -0.3 is 14.2 Å². The smallest absolute Gasteiger partial charge is 0.272 e. The summed E-state index contributed by atoms with van der Waals surface area (Å²) in [5, 5.41) is 11.4. The number of methoxy groups -OCH3 is 3. The van der Waals surface area contributed by atoms with Gasteiger partial charge in [0.2, 0.25) is 5.75 Å². The minimum absolute atomic E-state index is 0.124. The SMILES string of the molecule is COc1cc(/C=C(/C2=CCCCC2)[N+](=O)[O-])cc(OC)c1OC. The van der Waals surface area contributed by atoms with Crippen LogP contribution in [0, 0.1) is 10.1 Å². The fourth-order valence-corrected chi connectivity index (χ4v) is 2.68. The predicted octanol–water partition coefficient (Wildman–Crippen LogP) is 3.83. The van der Waals surface area contributed by atoms with Crippen molar-refractivity contribution in [1.29, 1.82) is 0 Å². The van der Waals surface area contributed by atoms with Crippen molar-refractivity contribution < 1.29 is 19.1 Å². The molecule has 1 aliphatic rings. The summed E-state index contributed by atoms with van der Waals surface area (Å²) in [5.74, 6) is 1.41. The van der Waals surface area contributed by atoms with Crippen LogP contribution in [0.15, 0.2) is 29.5 Å². The van der Waals surface area contributed by atoms with E-state index in [2.05, 4.69) is 0 Å². The van der Waals surface area contributed by atoms with Crippen molar-refractivity contribution in [2.45, 2.75) is 25.7 Å². The highest BCUT2D eigenvalue weighted by atomic mass is 16.6. The molecule has 0 saturated carbocycles. The van der Waals surface area contributed by atoms with E-state index in [9.17, 15) is 10.1 Å². The van der Waals surface area contributed by atoms with Crippen LogP contribution in [0.1, 0.15) is 31.2 Å². The molecular formula is C17H21NO5. The standard InChI is InChI=1S/C17H21NO5/c1-21-15-10-12(11-16(22-2)17(15)23-3)9-14(18(19)20)13-7-5-4-6-8-13/h7,9-11H,4-6,8H2,1-3H3/b14-9-. The Morgan fingerprint density at radius 3 is 2.22 bits per heavy atom. The van der Waals surface area contributed by atoms with Crippen LogP contribution in [0.4, 0.5) is 0 Å². The van der Waals surface area contributed by atoms with E-state index in [1.54, 1.807) is 18.2 Å². The summed E-state index contributed by atoms with van der Waals surface area (Å²) >= 11 is 0. The van der Waals surface area contributed by atoms with Gasteiger partial charge in [0.25, 0.3) is 5.70 Å². The lowest BCUT2D eigenvalue weighted by Crippen LogP contribution is -2.05. The molecule has 1 aromatic rings. The molecule has 0 atom stereocenters. The predicted molar refractivity (Wildman–Crippen MR) is 87.6 cm³/mol. The molecule has 0 N–H and O–H groups in total. The third-order valence-corrected chi connectivity index (χ3v) is 3.81. The molecule has 23 heavy (non-hydrogen) atoms. The maximum absolute atomic E-state index is 11.4. The van der Waals surface area contributed by atoms with Crippen LogP contribution in [0.25, 0.3) is 6.08 Å². The van der Waals surface area contributed by atoms with Crippen molar-refractivity contribution in [2.75, 3.05) is 21.3 Å². The number of hydrogen-bond donors (Lipinski definition) is 0. The minimum Gasteiger partial charge on any atom is -0.493 e. The van der Waals surface area contributed by atoms with E-state index >= 15 is 0 Å². The van der Waals surface area contributed by atoms with E-state index in [1.165, 1.54) is 21.3 Å². The average Bonchev–Trinajstić information content (AvgIpc) is 2.59. The average molecular weight is 319 g/mol. The molecule has 0 unspecified atom stereocenters. The summed E-state index contributed by atoms with van der Waals surface area (Å²) in [7, 11) is 4.55. The molecule has 6 heteroatoms. The monoisotopic (exact) mass is 319 g/mol. The number of hydrogen-bond acceptors (Lipinski definition) is 5. The first-order chi connectivity index (χ1) is 11.1. The van der Waals surface area contributed by atoms with E-state index in [1.807, 2.05) is 6.08 Å². The maximum Gasteiger partial charge on any atom is 0.272 e. The molecule has 0 aliphatic heterocycles. The third kappa shape index (κ3) is 3.83. The van der Waals surface area contributed by atoms with Crippen LogP contribution < -0.4 is 14.2 Å². The van der Waals surface area contributed by atoms with Crippen molar-refractivity contribution >= 4 is 6.08 Å². The topological polar surface area (TPSA) is 70.8 Å². The molecule has 0 aromatic heterocycles. The summed E-state index contributed by atoms with van der Waals surface area (Å²) in [5.41, 5.74) is 1.55. The van der Waals surface area contributed by atoms with Gasteiger partial charge in [-0.05, 0) is 43.4 Å². The number of benzene rings is 1. The quantitative estimate of drug-likeness (QED) is 0.588. The molecule has 0 heterocycles. The third-order valence-electron chi connectivity index (χ3n) is 3.81. The van der Waals surface area contributed by atoms with Crippen LogP contribution >= 0.6 is 0 Å². The fourth-order valence-electron chi connectivity index (χ4n) is 2.68. The van der Waals surface area contributed by atoms with E-state index < -0.39 is 0 Å². The molecule has 0 bridgehead atoms. The van der Waals surface area contributed by atoms with Gasteiger partial charge in [-0.15, -0.1) is 0 Å². The summed E-state index contributed by atoms with van der Waals surface area (Å²) in [6.45, 7) is 0. The zero-order valence-corrected chi connectivity index (χ0v) is 13.6. The summed E-state index contributed by atoms with van der Waals surface area (Å²) < 4.78 is 15.8. The fraction of sp³-hybridized carbons (Fsp3) is 0.412. The Bertz CT molecular complexity index is 623. The lowest BCUT2D eigenvalue weighted by molar-refractivity contribution is -0.419. The van der Waals surface area contributed by atoms with Gasteiger partial charge in [0.1, 0.15) is 0 Å². The van der Waals surface area contributed by atoms with Crippen LogP contribution in [-0.4, -0.2) is 26.3 Å². The van der Waals surface area contributed by atoms with Gasteiger partial charge in [0.05, 0.1) is 26.3 Å². The number of allylic oxidation sites excluding steroid dienone is 2. The van der Waals surface area contributed by atoms with Crippen molar-refractivity contribution in [1.82, 2.24) is 0 Å². The minimum atomic E-state index is -0.333. The van der Waals surface area contributed by atoms with E-state index in [-0.39, 0.29) is 10.6 Å². The number of ether oxygens (including phenoxy) is 3. The van der Waals surface area contributed by atoms with Gasteiger partial charge in [-0.3, -0.25) is 10.1 Å². The molecule has 6 nitrogen and oxygen atoms in total. The van der Waals surface area contributed by atoms with Gasteiger partial charge in [0, 0.05) is 11.6 Å². The molecule has 124 valence electrons. The molecule has 0 fully saturated rings. The Labute approximate surface area is 135 Å². The van der Waals surface area contributed by atoms with Crippen LogP contribution in [-0.2, 0) is 0 Å². The second-order valence-electron chi connectivity index (χ2n) is 5.22. The lowest BCUT2D eigenvalue weighted by atomic mass is 9.96. The Morgan fingerprint density at radius 2 is 1.78 bits per heavy atom. The number of nitro groups is 1. The molecule has 1 aromatic carbocycles. The van der Waals surface area contributed by atoms with Gasteiger partial charge in [-0.2, -0.15) is 0 Å². The van der Waals surface area contributed by atoms with E-state index in [0.29, 0.717) is 22.8 Å². The zero-order chi connectivity index (χ0) is 16.8. The van der Waals surface area contributed by atoms with E-state index in [0.717, 1.165) is 31.3 Å². The van der Waals surface area contributed by atoms with Crippen molar-refractivity contribution in [2.24, 2.45) is 0 Å². The zero-order valence-electron chi connectivity index (χ0n) is 13.6. The van der Waals surface area contributed by atoms with Gasteiger partial charge >= 0.3 is 0 Å². The second kappa shape index (κ2) is 7.67. The highest BCUT2D eigenvalue weighted by Gasteiger charge is 2.20. The first kappa shape index (κ1) is 16.9. The molecule has 1 aliphatic carbocycles.